The molecule has 1 fully saturated rings. The van der Waals surface area contributed by atoms with Crippen LogP contribution in [0.15, 0.2) is 24.3 Å². The topological polar surface area (TPSA) is 3.24 Å². The van der Waals surface area contributed by atoms with E-state index >= 15 is 0 Å². The Hall–Kier alpha value is -0.890. The quantitative estimate of drug-likeness (QED) is 0.243. The molecule has 0 saturated carbocycles. The predicted octanol–water partition coefficient (Wildman–Crippen LogP) is 8.56. The van der Waals surface area contributed by atoms with Crippen LogP contribution in [0.25, 0.3) is 0 Å². The molecule has 0 amide bonds. The highest BCUT2D eigenvalue weighted by Crippen LogP contribution is 2.31. The molecule has 2 rings (SSSR count). The molecular weight excluding hydrogens is 369 g/mol. The summed E-state index contributed by atoms with van der Waals surface area (Å²) in [5.74, 6) is -0.130. The molecule has 0 aliphatic carbocycles. The summed E-state index contributed by atoms with van der Waals surface area (Å²) in [5.41, 5.74) is 1.81. The number of halogens is 1. The zero-order valence-corrected chi connectivity index (χ0v) is 20.2. The van der Waals surface area contributed by atoms with Crippen LogP contribution in [-0.4, -0.2) is 24.0 Å². The zero-order chi connectivity index (χ0) is 21.7. The fraction of sp³-hybridized carbons (Fsp3) is 0.786. The van der Waals surface area contributed by atoms with E-state index < -0.39 is 0 Å². The molecule has 1 atom stereocenters. The summed E-state index contributed by atoms with van der Waals surface area (Å²) in [6, 6.07) is 7.77. The lowest BCUT2D eigenvalue weighted by Crippen LogP contribution is -2.32. The van der Waals surface area contributed by atoms with Gasteiger partial charge in [0.2, 0.25) is 0 Å². The van der Waals surface area contributed by atoms with Crippen LogP contribution in [0.4, 0.5) is 4.39 Å². The SMILES string of the molecule is CC(CCCCCCCCCCCCCCc1ccc(F)cc1)N1CCC(C)(C)C1. The van der Waals surface area contributed by atoms with Crippen molar-refractivity contribution in [3.05, 3.63) is 35.6 Å². The summed E-state index contributed by atoms with van der Waals surface area (Å²) >= 11 is 0. The van der Waals surface area contributed by atoms with E-state index in [2.05, 4.69) is 25.7 Å². The monoisotopic (exact) mass is 417 g/mol. The van der Waals surface area contributed by atoms with Gasteiger partial charge >= 0.3 is 0 Å². The van der Waals surface area contributed by atoms with Crippen LogP contribution >= 0.6 is 0 Å². The van der Waals surface area contributed by atoms with Gasteiger partial charge in [0.15, 0.2) is 0 Å². The normalized spacial score (nSPS) is 17.5. The van der Waals surface area contributed by atoms with Crippen molar-refractivity contribution in [2.75, 3.05) is 13.1 Å². The van der Waals surface area contributed by atoms with Crippen molar-refractivity contribution in [3.8, 4) is 0 Å². The van der Waals surface area contributed by atoms with E-state index in [1.54, 1.807) is 12.1 Å². The first-order valence-electron chi connectivity index (χ1n) is 12.9. The number of likely N-dealkylation sites (tertiary alicyclic amines) is 1. The molecule has 0 bridgehead atoms. The smallest absolute Gasteiger partial charge is 0.123 e. The number of rotatable bonds is 16. The molecule has 172 valence electrons. The van der Waals surface area contributed by atoms with E-state index in [9.17, 15) is 4.39 Å². The Bertz CT molecular complexity index is 550. The van der Waals surface area contributed by atoms with Crippen LogP contribution in [-0.2, 0) is 6.42 Å². The lowest BCUT2D eigenvalue weighted by Gasteiger charge is -2.26. The summed E-state index contributed by atoms with van der Waals surface area (Å²) in [4.78, 5) is 2.71. The maximum atomic E-state index is 12.9. The summed E-state index contributed by atoms with van der Waals surface area (Å²) in [6.45, 7) is 9.86. The molecule has 0 N–H and O–H groups in total. The van der Waals surface area contributed by atoms with Gasteiger partial charge in [-0.2, -0.15) is 0 Å². The Kier molecular flexibility index (Phi) is 12.0. The Morgan fingerprint density at radius 1 is 0.800 bits per heavy atom. The number of benzene rings is 1. The Morgan fingerprint density at radius 3 is 1.80 bits per heavy atom. The standard InChI is InChI=1S/C28H48FN/c1-25(30-23-22-28(2,3)24-30)16-14-12-10-8-6-4-5-7-9-11-13-15-17-26-18-20-27(29)21-19-26/h18-21,25H,4-17,22-24H2,1-3H3. The first-order chi connectivity index (χ1) is 14.5. The predicted molar refractivity (Wildman–Crippen MR) is 130 cm³/mol. The minimum absolute atomic E-state index is 0.130. The fourth-order valence-electron chi connectivity index (χ4n) is 4.90. The largest absolute Gasteiger partial charge is 0.300 e. The first kappa shape index (κ1) is 25.4. The van der Waals surface area contributed by atoms with E-state index in [0.29, 0.717) is 5.41 Å². The van der Waals surface area contributed by atoms with Gasteiger partial charge in [0, 0.05) is 12.6 Å². The molecule has 0 radical (unpaired) electrons. The molecular formula is C28H48FN. The van der Waals surface area contributed by atoms with Gasteiger partial charge in [-0.05, 0) is 62.3 Å². The number of nitrogens with zero attached hydrogens (tertiary/aromatic N) is 1. The van der Waals surface area contributed by atoms with E-state index in [4.69, 9.17) is 0 Å². The number of unbranched alkanes of at least 4 members (excludes halogenated alkanes) is 11. The highest BCUT2D eigenvalue weighted by Gasteiger charge is 2.31. The van der Waals surface area contributed by atoms with E-state index in [0.717, 1.165) is 12.5 Å². The highest BCUT2D eigenvalue weighted by molar-refractivity contribution is 5.15. The van der Waals surface area contributed by atoms with Gasteiger partial charge in [0.05, 0.1) is 0 Å². The number of hydrogen-bond donors (Lipinski definition) is 0. The van der Waals surface area contributed by atoms with Gasteiger partial charge in [-0.25, -0.2) is 4.39 Å². The second-order valence-electron chi connectivity index (χ2n) is 10.6. The van der Waals surface area contributed by atoms with E-state index in [-0.39, 0.29) is 5.82 Å². The lowest BCUT2D eigenvalue weighted by atomic mass is 9.93. The molecule has 1 aliphatic rings. The molecule has 1 heterocycles. The maximum absolute atomic E-state index is 12.9. The average molecular weight is 418 g/mol. The summed E-state index contributed by atoms with van der Waals surface area (Å²) in [7, 11) is 0. The molecule has 1 nitrogen and oxygen atoms in total. The van der Waals surface area contributed by atoms with Crippen LogP contribution in [0.2, 0.25) is 0 Å². The lowest BCUT2D eigenvalue weighted by molar-refractivity contribution is 0.217. The van der Waals surface area contributed by atoms with Crippen LogP contribution in [0.5, 0.6) is 0 Å². The Labute approximate surface area is 186 Å². The van der Waals surface area contributed by atoms with Crippen LogP contribution in [0, 0.1) is 11.2 Å². The van der Waals surface area contributed by atoms with Crippen molar-refractivity contribution in [1.82, 2.24) is 4.90 Å². The maximum Gasteiger partial charge on any atom is 0.123 e. The Morgan fingerprint density at radius 2 is 1.30 bits per heavy atom. The average Bonchev–Trinajstić information content (AvgIpc) is 3.09. The van der Waals surface area contributed by atoms with Crippen LogP contribution < -0.4 is 0 Å². The first-order valence-corrected chi connectivity index (χ1v) is 12.9. The minimum Gasteiger partial charge on any atom is -0.300 e. The summed E-state index contributed by atoms with van der Waals surface area (Å²) in [6.07, 6.45) is 20.5. The third-order valence-corrected chi connectivity index (χ3v) is 7.08. The zero-order valence-electron chi connectivity index (χ0n) is 20.2. The van der Waals surface area contributed by atoms with Gasteiger partial charge in [0.1, 0.15) is 5.82 Å². The molecule has 0 aromatic heterocycles. The molecule has 1 unspecified atom stereocenters. The summed E-state index contributed by atoms with van der Waals surface area (Å²) < 4.78 is 12.9. The molecule has 30 heavy (non-hydrogen) atoms. The highest BCUT2D eigenvalue weighted by atomic mass is 19.1. The number of hydrogen-bond acceptors (Lipinski definition) is 1. The fourth-order valence-corrected chi connectivity index (χ4v) is 4.90. The van der Waals surface area contributed by atoms with E-state index in [1.807, 2.05) is 12.1 Å². The molecule has 1 saturated heterocycles. The third kappa shape index (κ3) is 10.9. The van der Waals surface area contributed by atoms with Crippen molar-refractivity contribution in [3.63, 3.8) is 0 Å². The third-order valence-electron chi connectivity index (χ3n) is 7.08. The molecule has 1 aliphatic heterocycles. The van der Waals surface area contributed by atoms with E-state index in [1.165, 1.54) is 109 Å². The van der Waals surface area contributed by atoms with Gasteiger partial charge < -0.3 is 4.90 Å². The van der Waals surface area contributed by atoms with Crippen molar-refractivity contribution in [2.45, 2.75) is 123 Å². The van der Waals surface area contributed by atoms with Crippen molar-refractivity contribution in [2.24, 2.45) is 5.41 Å². The molecule has 2 heteroatoms. The van der Waals surface area contributed by atoms with Crippen LogP contribution in [0.1, 0.15) is 116 Å². The second kappa shape index (κ2) is 14.2. The molecule has 0 spiro atoms. The minimum atomic E-state index is -0.130. The van der Waals surface area contributed by atoms with Crippen LogP contribution in [0.3, 0.4) is 0 Å². The van der Waals surface area contributed by atoms with Gasteiger partial charge in [0.25, 0.3) is 0 Å². The van der Waals surface area contributed by atoms with Crippen molar-refractivity contribution < 1.29 is 4.39 Å². The summed E-state index contributed by atoms with van der Waals surface area (Å²) in [5, 5.41) is 0. The number of aryl methyl sites for hydroxylation is 1. The van der Waals surface area contributed by atoms with Crippen molar-refractivity contribution >= 4 is 0 Å². The second-order valence-corrected chi connectivity index (χ2v) is 10.6. The van der Waals surface area contributed by atoms with Crippen molar-refractivity contribution in [1.29, 1.82) is 0 Å². The molecule has 1 aromatic carbocycles. The van der Waals surface area contributed by atoms with Gasteiger partial charge in [-0.1, -0.05) is 96.6 Å². The van der Waals surface area contributed by atoms with Gasteiger partial charge in [-0.15, -0.1) is 0 Å². The molecule has 1 aromatic rings. The van der Waals surface area contributed by atoms with Gasteiger partial charge in [-0.3, -0.25) is 0 Å². The Balaban J connectivity index is 1.30.